The second kappa shape index (κ2) is 4.59. The van der Waals surface area contributed by atoms with Crippen molar-refractivity contribution in [3.63, 3.8) is 0 Å². The summed E-state index contributed by atoms with van der Waals surface area (Å²) in [6.07, 6.45) is 7.44. The van der Waals surface area contributed by atoms with E-state index < -0.39 is 0 Å². The van der Waals surface area contributed by atoms with Crippen LogP contribution in [0.15, 0.2) is 12.1 Å². The fourth-order valence-corrected chi connectivity index (χ4v) is 5.93. The van der Waals surface area contributed by atoms with Crippen molar-refractivity contribution in [3.05, 3.63) is 33.8 Å². The molecular weight excluding hydrogens is 280 g/mol. The maximum absolute atomic E-state index is 13.3. The smallest absolute Gasteiger partial charge is 0.170 e. The lowest BCUT2D eigenvalue weighted by atomic mass is 9.48. The van der Waals surface area contributed by atoms with Crippen molar-refractivity contribution in [3.8, 4) is 0 Å². The number of carbonyl (C=O) groups is 1. The van der Waals surface area contributed by atoms with Crippen molar-refractivity contribution in [2.75, 3.05) is 0 Å². The number of carbonyl (C=O) groups excluding carboxylic acids is 1. The molecule has 0 spiro atoms. The number of Topliss-reactive ketones (excluding diaryl/α,β-unsaturated/α-hetero) is 1. The van der Waals surface area contributed by atoms with E-state index in [1.165, 1.54) is 30.4 Å². The van der Waals surface area contributed by atoms with Crippen molar-refractivity contribution in [1.82, 2.24) is 0 Å². The fraction of sp³-hybridized carbons (Fsp3) is 0.632. The first-order valence-electron chi connectivity index (χ1n) is 8.28. The third-order valence-corrected chi connectivity index (χ3v) is 6.66. The van der Waals surface area contributed by atoms with Gasteiger partial charge in [0.1, 0.15) is 0 Å². The summed E-state index contributed by atoms with van der Waals surface area (Å²) in [6.45, 7) is 4.13. The Morgan fingerprint density at radius 1 is 1.00 bits per heavy atom. The molecule has 0 saturated heterocycles. The zero-order valence-corrected chi connectivity index (χ0v) is 13.7. The summed E-state index contributed by atoms with van der Waals surface area (Å²) in [7, 11) is 0. The average Bonchev–Trinajstić information content (AvgIpc) is 2.40. The van der Waals surface area contributed by atoms with Crippen molar-refractivity contribution in [2.45, 2.75) is 52.4 Å². The summed E-state index contributed by atoms with van der Waals surface area (Å²) in [4.78, 5) is 13.3. The lowest BCUT2D eigenvalue weighted by Gasteiger charge is -2.56. The Kier molecular flexibility index (Phi) is 3.02. The minimum atomic E-state index is -0.0832. The van der Waals surface area contributed by atoms with Crippen LogP contribution in [-0.4, -0.2) is 5.78 Å². The highest BCUT2D eigenvalue weighted by Gasteiger charge is 2.54. The molecule has 4 fully saturated rings. The molecule has 4 saturated carbocycles. The Labute approximate surface area is 132 Å². The monoisotopic (exact) mass is 302 g/mol. The van der Waals surface area contributed by atoms with Gasteiger partial charge in [-0.1, -0.05) is 11.6 Å². The molecule has 0 aromatic heterocycles. The van der Waals surface area contributed by atoms with Crippen molar-refractivity contribution in [1.29, 1.82) is 0 Å². The van der Waals surface area contributed by atoms with Crippen molar-refractivity contribution in [2.24, 2.45) is 23.2 Å². The zero-order chi connectivity index (χ0) is 14.8. The number of aryl methyl sites for hydroxylation is 2. The van der Waals surface area contributed by atoms with Gasteiger partial charge < -0.3 is 0 Å². The van der Waals surface area contributed by atoms with Crippen LogP contribution in [-0.2, 0) is 0 Å². The summed E-state index contributed by atoms with van der Waals surface area (Å²) in [6, 6.07) is 3.99. The molecule has 112 valence electrons. The topological polar surface area (TPSA) is 17.1 Å². The van der Waals surface area contributed by atoms with Gasteiger partial charge in [0.05, 0.1) is 5.02 Å². The molecule has 0 heterocycles. The normalized spacial score (nSPS) is 37.0. The van der Waals surface area contributed by atoms with E-state index >= 15 is 0 Å². The fourth-order valence-electron chi connectivity index (χ4n) is 5.63. The predicted octanol–water partition coefficient (Wildman–Crippen LogP) is 5.36. The van der Waals surface area contributed by atoms with Gasteiger partial charge in [0.25, 0.3) is 0 Å². The van der Waals surface area contributed by atoms with Crippen LogP contribution < -0.4 is 0 Å². The summed E-state index contributed by atoms with van der Waals surface area (Å²) < 4.78 is 0. The third-order valence-electron chi connectivity index (χ3n) is 6.35. The molecule has 4 bridgehead atoms. The average molecular weight is 303 g/mol. The van der Waals surface area contributed by atoms with E-state index in [2.05, 4.69) is 13.8 Å². The molecule has 5 rings (SSSR count). The van der Waals surface area contributed by atoms with Gasteiger partial charge in [-0.05, 0) is 93.4 Å². The number of ketones is 1. The van der Waals surface area contributed by atoms with E-state index in [0.29, 0.717) is 10.8 Å². The molecule has 1 nitrogen and oxygen atoms in total. The molecule has 1 aromatic carbocycles. The molecule has 0 aliphatic heterocycles. The lowest BCUT2D eigenvalue weighted by Crippen LogP contribution is -2.50. The van der Waals surface area contributed by atoms with Gasteiger partial charge in [0.2, 0.25) is 0 Å². The minimum Gasteiger partial charge on any atom is -0.294 e. The Morgan fingerprint density at radius 3 is 2.00 bits per heavy atom. The largest absolute Gasteiger partial charge is 0.294 e. The molecule has 2 heteroatoms. The van der Waals surface area contributed by atoms with Crippen LogP contribution in [0.25, 0.3) is 0 Å². The summed E-state index contributed by atoms with van der Waals surface area (Å²) >= 11 is 6.42. The Bertz CT molecular complexity index is 581. The molecule has 1 aromatic rings. The summed E-state index contributed by atoms with van der Waals surface area (Å²) in [5.74, 6) is 2.73. The second-order valence-electron chi connectivity index (χ2n) is 7.94. The van der Waals surface area contributed by atoms with E-state index in [-0.39, 0.29) is 5.41 Å². The Morgan fingerprint density at radius 2 is 1.48 bits per heavy atom. The van der Waals surface area contributed by atoms with Crippen LogP contribution in [0.4, 0.5) is 0 Å². The van der Waals surface area contributed by atoms with E-state index in [4.69, 9.17) is 11.6 Å². The van der Waals surface area contributed by atoms with Gasteiger partial charge in [-0.15, -0.1) is 0 Å². The SMILES string of the molecule is Cc1cc(Cl)c(C(=O)C23CC4CC(CC(C4)C2)C3)cc1C. The van der Waals surface area contributed by atoms with Crippen molar-refractivity contribution >= 4 is 17.4 Å². The highest BCUT2D eigenvalue weighted by atomic mass is 35.5. The van der Waals surface area contributed by atoms with E-state index in [1.807, 2.05) is 12.1 Å². The highest BCUT2D eigenvalue weighted by Crippen LogP contribution is 2.61. The molecule has 4 aliphatic carbocycles. The van der Waals surface area contributed by atoms with Crippen LogP contribution in [0.3, 0.4) is 0 Å². The van der Waals surface area contributed by atoms with Gasteiger partial charge in [0.15, 0.2) is 5.78 Å². The molecule has 0 unspecified atom stereocenters. The maximum Gasteiger partial charge on any atom is 0.170 e. The number of hydrogen-bond acceptors (Lipinski definition) is 1. The first-order valence-corrected chi connectivity index (χ1v) is 8.66. The number of benzene rings is 1. The van der Waals surface area contributed by atoms with Crippen LogP contribution in [0.1, 0.15) is 60.0 Å². The number of hydrogen-bond donors (Lipinski definition) is 0. The molecule has 21 heavy (non-hydrogen) atoms. The second-order valence-corrected chi connectivity index (χ2v) is 8.35. The minimum absolute atomic E-state index is 0.0832. The highest BCUT2D eigenvalue weighted by molar-refractivity contribution is 6.34. The van der Waals surface area contributed by atoms with Crippen LogP contribution in [0.5, 0.6) is 0 Å². The van der Waals surface area contributed by atoms with Gasteiger partial charge >= 0.3 is 0 Å². The molecular formula is C19H23ClO. The van der Waals surface area contributed by atoms with E-state index in [0.717, 1.165) is 42.6 Å². The Hall–Kier alpha value is -0.820. The Balaban J connectivity index is 1.73. The maximum atomic E-state index is 13.3. The van der Waals surface area contributed by atoms with Crippen LogP contribution in [0, 0.1) is 37.0 Å². The van der Waals surface area contributed by atoms with Gasteiger partial charge in [0, 0.05) is 11.0 Å². The predicted molar refractivity (Wildman–Crippen MR) is 85.9 cm³/mol. The van der Waals surface area contributed by atoms with Crippen LogP contribution in [0.2, 0.25) is 5.02 Å². The van der Waals surface area contributed by atoms with Crippen molar-refractivity contribution < 1.29 is 4.79 Å². The summed E-state index contributed by atoms with van der Waals surface area (Å²) in [5.41, 5.74) is 3.04. The zero-order valence-electron chi connectivity index (χ0n) is 12.9. The molecule has 4 aliphatic rings. The third kappa shape index (κ3) is 2.08. The van der Waals surface area contributed by atoms with Gasteiger partial charge in [-0.3, -0.25) is 4.79 Å². The molecule has 0 N–H and O–H groups in total. The first-order chi connectivity index (χ1) is 9.97. The van der Waals surface area contributed by atoms with Gasteiger partial charge in [-0.2, -0.15) is 0 Å². The molecule has 0 amide bonds. The number of rotatable bonds is 2. The molecule has 0 atom stereocenters. The standard InChI is InChI=1S/C19H23ClO/c1-11-3-16(17(20)4-12(11)2)18(21)19-8-13-5-14(9-19)7-15(6-13)10-19/h3-4,13-15H,5-10H2,1-2H3. The van der Waals surface area contributed by atoms with E-state index in [1.54, 1.807) is 0 Å². The first kappa shape index (κ1) is 13.8. The van der Waals surface area contributed by atoms with E-state index in [9.17, 15) is 4.79 Å². The quantitative estimate of drug-likeness (QED) is 0.672. The molecule has 0 radical (unpaired) electrons. The van der Waals surface area contributed by atoms with Crippen LogP contribution >= 0.6 is 11.6 Å². The summed E-state index contributed by atoms with van der Waals surface area (Å²) in [5, 5.41) is 0.652. The van der Waals surface area contributed by atoms with Gasteiger partial charge in [-0.25, -0.2) is 0 Å². The lowest BCUT2D eigenvalue weighted by molar-refractivity contribution is -0.0353. The number of halogens is 1.